The molecule has 24 heavy (non-hydrogen) atoms. The van der Waals surface area contributed by atoms with E-state index in [1.165, 1.54) is 25.7 Å². The summed E-state index contributed by atoms with van der Waals surface area (Å²) in [5.41, 5.74) is 1.02. The van der Waals surface area contributed by atoms with Gasteiger partial charge in [-0.15, -0.1) is 0 Å². The van der Waals surface area contributed by atoms with Gasteiger partial charge in [-0.3, -0.25) is 4.79 Å². The summed E-state index contributed by atoms with van der Waals surface area (Å²) in [6.45, 7) is 2.56. The zero-order valence-electron chi connectivity index (χ0n) is 14.8. The molecular formula is C22H28O2. The Morgan fingerprint density at radius 2 is 1.58 bits per heavy atom. The Bertz CT molecular complexity index is 567. The van der Waals surface area contributed by atoms with Crippen LogP contribution in [0.3, 0.4) is 0 Å². The van der Waals surface area contributed by atoms with Crippen LogP contribution in [0.1, 0.15) is 70.3 Å². The maximum Gasteiger partial charge on any atom is 0.306 e. The molecule has 0 aliphatic rings. The van der Waals surface area contributed by atoms with Crippen molar-refractivity contribution in [2.24, 2.45) is 0 Å². The molecule has 128 valence electrons. The van der Waals surface area contributed by atoms with Crippen LogP contribution in [0.5, 0.6) is 0 Å². The van der Waals surface area contributed by atoms with Gasteiger partial charge >= 0.3 is 5.97 Å². The molecule has 2 heteroatoms. The van der Waals surface area contributed by atoms with Gasteiger partial charge in [-0.1, -0.05) is 68.4 Å². The number of esters is 1. The van der Waals surface area contributed by atoms with Crippen LogP contribution >= 0.6 is 0 Å². The summed E-state index contributed by atoms with van der Waals surface area (Å²) >= 11 is 0. The zero-order chi connectivity index (χ0) is 17.3. The Labute approximate surface area is 147 Å². The maximum atomic E-state index is 11.6. The zero-order valence-corrected chi connectivity index (χ0v) is 14.8. The molecule has 0 unspecified atom stereocenters. The van der Waals surface area contributed by atoms with Gasteiger partial charge in [0.15, 0.2) is 0 Å². The van der Waals surface area contributed by atoms with Crippen LogP contribution in [0.25, 0.3) is 0 Å². The highest BCUT2D eigenvalue weighted by atomic mass is 16.5. The van der Waals surface area contributed by atoms with Crippen molar-refractivity contribution < 1.29 is 9.53 Å². The SMILES string of the molecule is CCCCCCC#CC#CCCCCC(=O)OCc1ccccc1. The third-order valence-electron chi connectivity index (χ3n) is 3.57. The van der Waals surface area contributed by atoms with E-state index in [-0.39, 0.29) is 5.97 Å². The molecule has 0 aromatic heterocycles. The highest BCUT2D eigenvalue weighted by molar-refractivity contribution is 5.69. The minimum Gasteiger partial charge on any atom is -0.461 e. The molecule has 0 aliphatic heterocycles. The Balaban J connectivity index is 1.99. The highest BCUT2D eigenvalue weighted by Crippen LogP contribution is 2.05. The normalized spacial score (nSPS) is 9.38. The fraction of sp³-hybridized carbons (Fsp3) is 0.500. The van der Waals surface area contributed by atoms with Crippen LogP contribution in [0, 0.1) is 23.7 Å². The monoisotopic (exact) mass is 324 g/mol. The molecule has 0 fully saturated rings. The minimum atomic E-state index is -0.140. The van der Waals surface area contributed by atoms with Crippen LogP contribution in [-0.2, 0) is 16.1 Å². The Hall–Kier alpha value is -2.19. The first-order valence-corrected chi connectivity index (χ1v) is 8.98. The second-order valence-corrected chi connectivity index (χ2v) is 5.77. The number of hydrogen-bond donors (Lipinski definition) is 0. The molecule has 0 bridgehead atoms. The number of ether oxygens (including phenoxy) is 1. The predicted octanol–water partition coefficient (Wildman–Crippen LogP) is 5.27. The summed E-state index contributed by atoms with van der Waals surface area (Å²) in [6.07, 6.45) is 8.90. The number of carbonyl (C=O) groups is 1. The van der Waals surface area contributed by atoms with Gasteiger partial charge in [0.2, 0.25) is 0 Å². The Morgan fingerprint density at radius 1 is 0.917 bits per heavy atom. The summed E-state index contributed by atoms with van der Waals surface area (Å²) < 4.78 is 5.23. The first-order valence-electron chi connectivity index (χ1n) is 8.98. The van der Waals surface area contributed by atoms with Crippen molar-refractivity contribution in [1.29, 1.82) is 0 Å². The molecular weight excluding hydrogens is 296 g/mol. The average molecular weight is 324 g/mol. The van der Waals surface area contributed by atoms with Gasteiger partial charge in [0, 0.05) is 19.3 Å². The van der Waals surface area contributed by atoms with E-state index in [0.29, 0.717) is 13.0 Å². The molecule has 0 aliphatic carbocycles. The summed E-state index contributed by atoms with van der Waals surface area (Å²) in [4.78, 5) is 11.6. The van der Waals surface area contributed by atoms with Gasteiger partial charge in [-0.05, 0) is 36.7 Å². The van der Waals surface area contributed by atoms with Crippen molar-refractivity contribution in [2.45, 2.75) is 71.3 Å². The lowest BCUT2D eigenvalue weighted by molar-refractivity contribution is -0.145. The topological polar surface area (TPSA) is 26.3 Å². The molecule has 0 spiro atoms. The van der Waals surface area contributed by atoms with E-state index in [9.17, 15) is 4.79 Å². The van der Waals surface area contributed by atoms with Crippen molar-refractivity contribution in [3.8, 4) is 23.7 Å². The molecule has 0 saturated heterocycles. The lowest BCUT2D eigenvalue weighted by Crippen LogP contribution is -2.04. The van der Waals surface area contributed by atoms with E-state index in [1.54, 1.807) is 0 Å². The van der Waals surface area contributed by atoms with E-state index >= 15 is 0 Å². The summed E-state index contributed by atoms with van der Waals surface area (Å²) in [7, 11) is 0. The number of hydrogen-bond acceptors (Lipinski definition) is 2. The van der Waals surface area contributed by atoms with Crippen molar-refractivity contribution in [2.75, 3.05) is 0 Å². The molecule has 2 nitrogen and oxygen atoms in total. The quantitative estimate of drug-likeness (QED) is 0.333. The molecule has 0 amide bonds. The van der Waals surface area contributed by atoms with Gasteiger partial charge in [0.25, 0.3) is 0 Å². The standard InChI is InChI=1S/C22H28O2/c1-2-3-4-5-6-7-8-9-10-11-12-16-19-22(23)24-20-21-17-14-13-15-18-21/h13-15,17-18H,2-6,11-12,16,19-20H2,1H3. The fourth-order valence-corrected chi connectivity index (χ4v) is 2.15. The van der Waals surface area contributed by atoms with E-state index in [4.69, 9.17) is 4.74 Å². The van der Waals surface area contributed by atoms with Crippen molar-refractivity contribution in [1.82, 2.24) is 0 Å². The van der Waals surface area contributed by atoms with Gasteiger partial charge in [0.05, 0.1) is 0 Å². The van der Waals surface area contributed by atoms with Gasteiger partial charge < -0.3 is 4.74 Å². The smallest absolute Gasteiger partial charge is 0.306 e. The van der Waals surface area contributed by atoms with Crippen molar-refractivity contribution in [3.63, 3.8) is 0 Å². The van der Waals surface area contributed by atoms with Crippen molar-refractivity contribution in [3.05, 3.63) is 35.9 Å². The molecule has 0 atom stereocenters. The van der Waals surface area contributed by atoms with E-state index in [0.717, 1.165) is 31.2 Å². The molecule has 1 aromatic rings. The molecule has 0 heterocycles. The van der Waals surface area contributed by atoms with Crippen LogP contribution in [-0.4, -0.2) is 5.97 Å². The largest absolute Gasteiger partial charge is 0.461 e. The fourth-order valence-electron chi connectivity index (χ4n) is 2.15. The van der Waals surface area contributed by atoms with Crippen LogP contribution in [0.15, 0.2) is 30.3 Å². The number of benzene rings is 1. The summed E-state index contributed by atoms with van der Waals surface area (Å²) in [5, 5.41) is 0. The third kappa shape index (κ3) is 11.4. The lowest BCUT2D eigenvalue weighted by Gasteiger charge is -2.04. The Morgan fingerprint density at radius 3 is 2.25 bits per heavy atom. The lowest BCUT2D eigenvalue weighted by atomic mass is 10.1. The first kappa shape index (κ1) is 19.9. The third-order valence-corrected chi connectivity index (χ3v) is 3.57. The van der Waals surface area contributed by atoms with Gasteiger partial charge in [0.1, 0.15) is 6.61 Å². The molecule has 1 rings (SSSR count). The van der Waals surface area contributed by atoms with Crippen LogP contribution in [0.4, 0.5) is 0 Å². The molecule has 1 aromatic carbocycles. The van der Waals surface area contributed by atoms with E-state index in [2.05, 4.69) is 30.6 Å². The first-order chi connectivity index (χ1) is 11.8. The van der Waals surface area contributed by atoms with Crippen LogP contribution in [0.2, 0.25) is 0 Å². The second-order valence-electron chi connectivity index (χ2n) is 5.77. The second kappa shape index (κ2) is 14.4. The number of unbranched alkanes of at least 4 members (excludes halogenated alkanes) is 6. The molecule has 0 N–H and O–H groups in total. The number of carbonyl (C=O) groups excluding carboxylic acids is 1. The maximum absolute atomic E-state index is 11.6. The number of rotatable bonds is 10. The van der Waals surface area contributed by atoms with E-state index in [1.807, 2.05) is 30.3 Å². The van der Waals surface area contributed by atoms with Crippen LogP contribution < -0.4 is 0 Å². The summed E-state index contributed by atoms with van der Waals surface area (Å²) in [5.74, 6) is 11.8. The van der Waals surface area contributed by atoms with Gasteiger partial charge in [-0.2, -0.15) is 0 Å². The molecule has 0 saturated carbocycles. The highest BCUT2D eigenvalue weighted by Gasteiger charge is 2.02. The summed E-state index contributed by atoms with van der Waals surface area (Å²) in [6, 6.07) is 9.73. The predicted molar refractivity (Wildman–Crippen MR) is 99.0 cm³/mol. The minimum absolute atomic E-state index is 0.140. The average Bonchev–Trinajstić information content (AvgIpc) is 2.62. The molecule has 0 radical (unpaired) electrons. The Kier molecular flexibility index (Phi) is 11.9. The van der Waals surface area contributed by atoms with Gasteiger partial charge in [-0.25, -0.2) is 0 Å². The van der Waals surface area contributed by atoms with E-state index < -0.39 is 0 Å². The van der Waals surface area contributed by atoms with Crippen molar-refractivity contribution >= 4 is 5.97 Å².